The molecule has 1 N–H and O–H groups in total. The first-order valence-corrected chi connectivity index (χ1v) is 8.11. The standard InChI is InChI=1S/C14H27NO3Si/c1-10-7-8-15(12(16)17)11(9-10)14(5,6)18-19-13(2,3)4/h11H,1,7-9,19H2,2-6H3,(H,16,17)/t11-/m1/s1. The van der Waals surface area contributed by atoms with E-state index in [0.29, 0.717) is 13.0 Å². The molecule has 0 aliphatic carbocycles. The third-order valence-electron chi connectivity index (χ3n) is 3.49. The summed E-state index contributed by atoms with van der Waals surface area (Å²) in [5.41, 5.74) is 0.679. The Kier molecular flexibility index (Phi) is 4.85. The van der Waals surface area contributed by atoms with Crippen molar-refractivity contribution in [1.82, 2.24) is 4.90 Å². The number of rotatable bonds is 3. The van der Waals surface area contributed by atoms with E-state index < -0.39 is 21.5 Å². The highest BCUT2D eigenvalue weighted by Crippen LogP contribution is 2.32. The van der Waals surface area contributed by atoms with Gasteiger partial charge in [0.25, 0.3) is 0 Å². The van der Waals surface area contributed by atoms with Gasteiger partial charge in [-0.15, -0.1) is 0 Å². The Morgan fingerprint density at radius 2 is 2.00 bits per heavy atom. The molecule has 5 heteroatoms. The lowest BCUT2D eigenvalue weighted by Crippen LogP contribution is -2.56. The maximum atomic E-state index is 11.4. The van der Waals surface area contributed by atoms with E-state index >= 15 is 0 Å². The summed E-state index contributed by atoms with van der Waals surface area (Å²) in [5, 5.41) is 9.54. The molecule has 19 heavy (non-hydrogen) atoms. The molecule has 1 saturated heterocycles. The first-order chi connectivity index (χ1) is 8.53. The second-order valence-electron chi connectivity index (χ2n) is 7.15. The molecule has 1 heterocycles. The van der Waals surface area contributed by atoms with E-state index in [9.17, 15) is 9.90 Å². The summed E-state index contributed by atoms with van der Waals surface area (Å²) in [4.78, 5) is 12.9. The second kappa shape index (κ2) is 5.67. The van der Waals surface area contributed by atoms with Crippen molar-refractivity contribution in [3.05, 3.63) is 12.2 Å². The van der Waals surface area contributed by atoms with Crippen LogP contribution in [0.4, 0.5) is 4.79 Å². The minimum atomic E-state index is -0.855. The molecule has 1 aliphatic heterocycles. The number of carbonyl (C=O) groups is 1. The number of hydrogen-bond acceptors (Lipinski definition) is 2. The Labute approximate surface area is 118 Å². The molecule has 0 bridgehead atoms. The van der Waals surface area contributed by atoms with Gasteiger partial charge in [0.2, 0.25) is 0 Å². The summed E-state index contributed by atoms with van der Waals surface area (Å²) in [6.45, 7) is 15.1. The van der Waals surface area contributed by atoms with Crippen LogP contribution in [0, 0.1) is 0 Å². The normalized spacial score (nSPS) is 22.3. The highest BCUT2D eigenvalue weighted by molar-refractivity contribution is 6.31. The minimum Gasteiger partial charge on any atom is -0.465 e. The zero-order valence-electron chi connectivity index (χ0n) is 12.8. The number of likely N-dealkylation sites (tertiary alicyclic amines) is 1. The van der Waals surface area contributed by atoms with Crippen molar-refractivity contribution in [1.29, 1.82) is 0 Å². The van der Waals surface area contributed by atoms with Crippen LogP contribution in [0.15, 0.2) is 12.2 Å². The number of piperidine rings is 1. The van der Waals surface area contributed by atoms with Crippen LogP contribution in [-0.4, -0.2) is 44.1 Å². The van der Waals surface area contributed by atoms with E-state index in [1.807, 2.05) is 13.8 Å². The maximum Gasteiger partial charge on any atom is 0.407 e. The van der Waals surface area contributed by atoms with Crippen molar-refractivity contribution in [3.8, 4) is 0 Å². The van der Waals surface area contributed by atoms with Crippen LogP contribution in [0.2, 0.25) is 5.04 Å². The van der Waals surface area contributed by atoms with Crippen LogP contribution >= 0.6 is 0 Å². The Bertz CT molecular complexity index is 360. The molecule has 0 saturated carbocycles. The van der Waals surface area contributed by atoms with Gasteiger partial charge in [-0.05, 0) is 31.7 Å². The summed E-state index contributed by atoms with van der Waals surface area (Å²) in [5.74, 6) is 0. The molecule has 1 amide bonds. The van der Waals surface area contributed by atoms with Gasteiger partial charge in [-0.1, -0.05) is 32.9 Å². The van der Waals surface area contributed by atoms with Gasteiger partial charge in [-0.25, -0.2) is 4.79 Å². The van der Waals surface area contributed by atoms with Crippen LogP contribution in [0.3, 0.4) is 0 Å². The topological polar surface area (TPSA) is 49.8 Å². The van der Waals surface area contributed by atoms with Gasteiger partial charge >= 0.3 is 6.09 Å². The van der Waals surface area contributed by atoms with Gasteiger partial charge in [0.1, 0.15) is 0 Å². The average Bonchev–Trinajstić information content (AvgIpc) is 2.25. The van der Waals surface area contributed by atoms with Crippen molar-refractivity contribution in [2.24, 2.45) is 0 Å². The molecule has 0 unspecified atom stereocenters. The quantitative estimate of drug-likeness (QED) is 0.641. The number of carboxylic acid groups (broad SMARTS) is 1. The Balaban J connectivity index is 2.81. The monoisotopic (exact) mass is 285 g/mol. The molecule has 1 rings (SSSR count). The molecular formula is C14H27NO3Si. The van der Waals surface area contributed by atoms with E-state index in [1.54, 1.807) is 0 Å². The van der Waals surface area contributed by atoms with Gasteiger partial charge in [-0.2, -0.15) is 0 Å². The van der Waals surface area contributed by atoms with E-state index in [0.717, 1.165) is 12.0 Å². The van der Waals surface area contributed by atoms with E-state index in [2.05, 4.69) is 27.4 Å². The molecule has 110 valence electrons. The van der Waals surface area contributed by atoms with Crippen LogP contribution in [0.25, 0.3) is 0 Å². The number of amides is 1. The van der Waals surface area contributed by atoms with E-state index in [4.69, 9.17) is 4.43 Å². The summed E-state index contributed by atoms with van der Waals surface area (Å²) < 4.78 is 6.15. The maximum absolute atomic E-state index is 11.4. The molecule has 1 aliphatic rings. The molecule has 0 aromatic carbocycles. The smallest absolute Gasteiger partial charge is 0.407 e. The Morgan fingerprint density at radius 1 is 1.42 bits per heavy atom. The van der Waals surface area contributed by atoms with Gasteiger partial charge in [-0.3, -0.25) is 0 Å². The minimum absolute atomic E-state index is 0.124. The molecule has 0 radical (unpaired) electrons. The van der Waals surface area contributed by atoms with Gasteiger partial charge in [0.05, 0.1) is 11.6 Å². The zero-order chi connectivity index (χ0) is 14.8. The highest BCUT2D eigenvalue weighted by Gasteiger charge is 2.40. The van der Waals surface area contributed by atoms with Crippen LogP contribution < -0.4 is 0 Å². The molecule has 1 atom stereocenters. The number of hydrogen-bond donors (Lipinski definition) is 1. The van der Waals surface area contributed by atoms with E-state index in [1.165, 1.54) is 4.90 Å². The predicted octanol–water partition coefficient (Wildman–Crippen LogP) is 2.78. The average molecular weight is 285 g/mol. The molecule has 1 fully saturated rings. The Morgan fingerprint density at radius 3 is 2.47 bits per heavy atom. The lowest BCUT2D eigenvalue weighted by molar-refractivity contribution is -0.00201. The number of nitrogens with zero attached hydrogens (tertiary/aromatic N) is 1. The van der Waals surface area contributed by atoms with Crippen LogP contribution in [-0.2, 0) is 4.43 Å². The zero-order valence-corrected chi connectivity index (χ0v) is 14.2. The predicted molar refractivity (Wildman–Crippen MR) is 80.3 cm³/mol. The van der Waals surface area contributed by atoms with Crippen molar-refractivity contribution in [2.45, 2.75) is 64.1 Å². The molecule has 0 spiro atoms. The molecule has 4 nitrogen and oxygen atoms in total. The van der Waals surface area contributed by atoms with Crippen molar-refractivity contribution in [2.75, 3.05) is 6.54 Å². The van der Waals surface area contributed by atoms with Gasteiger partial charge in [0, 0.05) is 6.54 Å². The molecule has 0 aromatic heterocycles. The molecular weight excluding hydrogens is 258 g/mol. The fraction of sp³-hybridized carbons (Fsp3) is 0.786. The second-order valence-corrected chi connectivity index (χ2v) is 9.85. The Hall–Kier alpha value is -0.813. The van der Waals surface area contributed by atoms with Gasteiger partial charge in [0.15, 0.2) is 9.76 Å². The first-order valence-electron chi connectivity index (χ1n) is 6.83. The van der Waals surface area contributed by atoms with Crippen LogP contribution in [0.1, 0.15) is 47.5 Å². The first kappa shape index (κ1) is 16.2. The van der Waals surface area contributed by atoms with Crippen molar-refractivity contribution < 1.29 is 14.3 Å². The third-order valence-corrected chi connectivity index (χ3v) is 5.24. The fourth-order valence-electron chi connectivity index (χ4n) is 2.27. The fourth-order valence-corrected chi connectivity index (χ4v) is 3.27. The summed E-state index contributed by atoms with van der Waals surface area (Å²) in [7, 11) is -0.713. The summed E-state index contributed by atoms with van der Waals surface area (Å²) >= 11 is 0. The third kappa shape index (κ3) is 4.65. The largest absolute Gasteiger partial charge is 0.465 e. The van der Waals surface area contributed by atoms with E-state index in [-0.39, 0.29) is 11.1 Å². The summed E-state index contributed by atoms with van der Waals surface area (Å²) in [6, 6.07) is -0.124. The SMILES string of the molecule is C=C1CCN(C(=O)O)[C@@H](C(C)(C)O[SiH2]C(C)(C)C)C1. The highest BCUT2D eigenvalue weighted by atomic mass is 28.2. The molecule has 0 aromatic rings. The van der Waals surface area contributed by atoms with Crippen LogP contribution in [0.5, 0.6) is 0 Å². The summed E-state index contributed by atoms with van der Waals surface area (Å²) in [6.07, 6.45) is 0.611. The van der Waals surface area contributed by atoms with Gasteiger partial charge < -0.3 is 14.4 Å². The van der Waals surface area contributed by atoms with Crippen molar-refractivity contribution in [3.63, 3.8) is 0 Å². The lowest BCUT2D eigenvalue weighted by atomic mass is 9.87. The van der Waals surface area contributed by atoms with Crippen molar-refractivity contribution >= 4 is 15.9 Å². The lowest BCUT2D eigenvalue weighted by Gasteiger charge is -2.45.